The molecule has 154 valence electrons. The highest BCUT2D eigenvalue weighted by Gasteiger charge is 2.22. The van der Waals surface area contributed by atoms with Crippen LogP contribution in [0.4, 0.5) is 4.39 Å². The monoisotopic (exact) mass is 504 g/mol. The Morgan fingerprint density at radius 3 is 3.04 bits per heavy atom. The van der Waals surface area contributed by atoms with Crippen LogP contribution in [0.1, 0.15) is 18.1 Å². The lowest BCUT2D eigenvalue weighted by atomic mass is 10.1. The van der Waals surface area contributed by atoms with E-state index in [2.05, 4.69) is 25.7 Å². The SMILES string of the molecule is CN=C(NCCOc1cccc(F)c1)NC1CCc2nc(COC)nn2C1.I. The Morgan fingerprint density at radius 1 is 1.43 bits per heavy atom. The van der Waals surface area contributed by atoms with Crippen LogP contribution in [-0.4, -0.2) is 54.1 Å². The minimum Gasteiger partial charge on any atom is -0.492 e. The third-order valence-corrected chi connectivity index (χ3v) is 4.20. The Labute approximate surface area is 180 Å². The van der Waals surface area contributed by atoms with Gasteiger partial charge in [0.15, 0.2) is 11.8 Å². The van der Waals surface area contributed by atoms with Crippen molar-refractivity contribution in [2.24, 2.45) is 4.99 Å². The first kappa shape index (κ1) is 22.3. The maximum absolute atomic E-state index is 13.1. The Hall–Kier alpha value is -1.95. The van der Waals surface area contributed by atoms with Gasteiger partial charge < -0.3 is 20.1 Å². The van der Waals surface area contributed by atoms with Crippen LogP contribution in [0.5, 0.6) is 5.75 Å². The summed E-state index contributed by atoms with van der Waals surface area (Å²) >= 11 is 0. The van der Waals surface area contributed by atoms with E-state index in [0.29, 0.717) is 37.3 Å². The van der Waals surface area contributed by atoms with E-state index < -0.39 is 0 Å². The molecule has 1 aliphatic rings. The summed E-state index contributed by atoms with van der Waals surface area (Å²) in [6.07, 6.45) is 1.81. The molecule has 0 spiro atoms. The number of fused-ring (bicyclic) bond motifs is 1. The molecule has 2 N–H and O–H groups in total. The highest BCUT2D eigenvalue weighted by molar-refractivity contribution is 14.0. The minimum atomic E-state index is -0.309. The number of ether oxygens (including phenoxy) is 2. The van der Waals surface area contributed by atoms with Crippen molar-refractivity contribution in [3.8, 4) is 5.75 Å². The van der Waals surface area contributed by atoms with E-state index in [1.807, 2.05) is 4.68 Å². The van der Waals surface area contributed by atoms with Gasteiger partial charge in [-0.2, -0.15) is 5.10 Å². The van der Waals surface area contributed by atoms with E-state index in [9.17, 15) is 4.39 Å². The summed E-state index contributed by atoms with van der Waals surface area (Å²) in [5.41, 5.74) is 0. The van der Waals surface area contributed by atoms with Crippen molar-refractivity contribution < 1.29 is 13.9 Å². The summed E-state index contributed by atoms with van der Waals surface area (Å²) < 4.78 is 25.7. The number of aromatic nitrogens is 3. The van der Waals surface area contributed by atoms with Gasteiger partial charge in [0.05, 0.1) is 13.1 Å². The van der Waals surface area contributed by atoms with Crippen molar-refractivity contribution >= 4 is 29.9 Å². The van der Waals surface area contributed by atoms with Gasteiger partial charge in [-0.05, 0) is 18.6 Å². The number of aryl methyl sites for hydroxylation is 1. The van der Waals surface area contributed by atoms with Crippen molar-refractivity contribution in [1.82, 2.24) is 25.4 Å². The molecular formula is C18H26FIN6O2. The number of rotatable bonds is 7. The van der Waals surface area contributed by atoms with Crippen LogP contribution in [0.2, 0.25) is 0 Å². The van der Waals surface area contributed by atoms with Crippen LogP contribution in [-0.2, 0) is 24.3 Å². The highest BCUT2D eigenvalue weighted by atomic mass is 127. The van der Waals surface area contributed by atoms with E-state index in [1.54, 1.807) is 26.3 Å². The van der Waals surface area contributed by atoms with Crippen LogP contribution in [0.15, 0.2) is 29.3 Å². The zero-order valence-electron chi connectivity index (χ0n) is 16.0. The summed E-state index contributed by atoms with van der Waals surface area (Å²) in [4.78, 5) is 8.72. The van der Waals surface area contributed by atoms with Crippen LogP contribution in [0.25, 0.3) is 0 Å². The van der Waals surface area contributed by atoms with E-state index in [1.165, 1.54) is 12.1 Å². The second-order valence-corrected chi connectivity index (χ2v) is 6.24. The molecule has 1 unspecified atom stereocenters. The molecule has 8 nitrogen and oxygen atoms in total. The van der Waals surface area contributed by atoms with Crippen molar-refractivity contribution in [3.63, 3.8) is 0 Å². The maximum Gasteiger partial charge on any atom is 0.191 e. The van der Waals surface area contributed by atoms with Crippen LogP contribution >= 0.6 is 24.0 Å². The molecule has 3 rings (SSSR count). The van der Waals surface area contributed by atoms with Crippen molar-refractivity contribution in [2.45, 2.75) is 32.0 Å². The first-order valence-electron chi connectivity index (χ1n) is 8.95. The number of hydrogen-bond donors (Lipinski definition) is 2. The van der Waals surface area contributed by atoms with Gasteiger partial charge in [0, 0.05) is 32.7 Å². The molecule has 10 heteroatoms. The van der Waals surface area contributed by atoms with Gasteiger partial charge in [-0.25, -0.2) is 14.1 Å². The average Bonchev–Trinajstić information content (AvgIpc) is 3.06. The smallest absolute Gasteiger partial charge is 0.191 e. The second-order valence-electron chi connectivity index (χ2n) is 6.24. The molecule has 0 radical (unpaired) electrons. The van der Waals surface area contributed by atoms with Gasteiger partial charge in [0.25, 0.3) is 0 Å². The van der Waals surface area contributed by atoms with Gasteiger partial charge in [-0.3, -0.25) is 4.99 Å². The zero-order valence-corrected chi connectivity index (χ0v) is 18.4. The summed E-state index contributed by atoms with van der Waals surface area (Å²) in [6.45, 7) is 2.11. The molecule has 2 heterocycles. The molecule has 1 aromatic heterocycles. The minimum absolute atomic E-state index is 0. The number of nitrogens with one attached hydrogen (secondary N) is 2. The predicted molar refractivity (Wildman–Crippen MR) is 115 cm³/mol. The lowest BCUT2D eigenvalue weighted by Crippen LogP contribution is -2.47. The second kappa shape index (κ2) is 11.1. The number of hydrogen-bond acceptors (Lipinski definition) is 5. The molecule has 0 bridgehead atoms. The van der Waals surface area contributed by atoms with Crippen molar-refractivity contribution in [1.29, 1.82) is 0 Å². The fraction of sp³-hybridized carbons (Fsp3) is 0.500. The fourth-order valence-corrected chi connectivity index (χ4v) is 2.95. The molecule has 28 heavy (non-hydrogen) atoms. The summed E-state index contributed by atoms with van der Waals surface area (Å²) in [6, 6.07) is 6.32. The number of benzene rings is 1. The summed E-state index contributed by atoms with van der Waals surface area (Å²) in [5.74, 6) is 2.61. The van der Waals surface area contributed by atoms with E-state index in [4.69, 9.17) is 9.47 Å². The zero-order chi connectivity index (χ0) is 19.1. The fourth-order valence-electron chi connectivity index (χ4n) is 2.95. The summed E-state index contributed by atoms with van der Waals surface area (Å²) in [7, 11) is 3.36. The molecule has 0 saturated carbocycles. The molecule has 1 aromatic carbocycles. The summed E-state index contributed by atoms with van der Waals surface area (Å²) in [5, 5.41) is 11.1. The van der Waals surface area contributed by atoms with E-state index in [0.717, 1.165) is 25.2 Å². The number of aliphatic imine (C=N–C) groups is 1. The molecule has 0 amide bonds. The predicted octanol–water partition coefficient (Wildman–Crippen LogP) is 1.74. The third-order valence-electron chi connectivity index (χ3n) is 4.20. The molecule has 0 aliphatic carbocycles. The van der Waals surface area contributed by atoms with Gasteiger partial charge in [-0.1, -0.05) is 6.07 Å². The van der Waals surface area contributed by atoms with Gasteiger partial charge >= 0.3 is 0 Å². The van der Waals surface area contributed by atoms with Crippen LogP contribution < -0.4 is 15.4 Å². The van der Waals surface area contributed by atoms with Crippen molar-refractivity contribution in [3.05, 3.63) is 41.7 Å². The molecule has 0 saturated heterocycles. The average molecular weight is 504 g/mol. The maximum atomic E-state index is 13.1. The number of methoxy groups -OCH3 is 1. The van der Waals surface area contributed by atoms with Gasteiger partial charge in [0.2, 0.25) is 0 Å². The standard InChI is InChI=1S/C18H25FN6O2.HI/c1-20-18(21-8-9-27-15-5-3-4-13(19)10-15)22-14-6-7-17-23-16(12-26-2)24-25(17)11-14;/h3-5,10,14H,6-9,11-12H2,1-2H3,(H2,20,21,22);1H. The van der Waals surface area contributed by atoms with Crippen LogP contribution in [0.3, 0.4) is 0 Å². The van der Waals surface area contributed by atoms with Crippen LogP contribution in [0, 0.1) is 5.82 Å². The number of guanidine groups is 1. The Balaban J connectivity index is 0.00000280. The molecule has 1 atom stereocenters. The highest BCUT2D eigenvalue weighted by Crippen LogP contribution is 2.13. The number of halogens is 2. The molecule has 1 aliphatic heterocycles. The lowest BCUT2D eigenvalue weighted by Gasteiger charge is -2.25. The van der Waals surface area contributed by atoms with E-state index in [-0.39, 0.29) is 35.8 Å². The molecule has 2 aromatic rings. The number of nitrogens with zero attached hydrogens (tertiary/aromatic N) is 4. The largest absolute Gasteiger partial charge is 0.492 e. The first-order chi connectivity index (χ1) is 13.2. The van der Waals surface area contributed by atoms with Gasteiger partial charge in [-0.15, -0.1) is 24.0 Å². The van der Waals surface area contributed by atoms with E-state index >= 15 is 0 Å². The third kappa shape index (κ3) is 6.30. The van der Waals surface area contributed by atoms with Crippen molar-refractivity contribution in [2.75, 3.05) is 27.3 Å². The van der Waals surface area contributed by atoms with Gasteiger partial charge in [0.1, 0.15) is 30.6 Å². The normalized spacial score (nSPS) is 16.1. The molecular weight excluding hydrogens is 478 g/mol. The Bertz CT molecular complexity index is 785. The Kier molecular flexibility index (Phi) is 8.90. The quantitative estimate of drug-likeness (QED) is 0.259. The lowest BCUT2D eigenvalue weighted by molar-refractivity contribution is 0.177. The Morgan fingerprint density at radius 2 is 2.29 bits per heavy atom. The first-order valence-corrected chi connectivity index (χ1v) is 8.95. The molecule has 0 fully saturated rings. The topological polar surface area (TPSA) is 85.6 Å².